The second kappa shape index (κ2) is 3.89. The summed E-state index contributed by atoms with van der Waals surface area (Å²) in [5.41, 5.74) is 15.7. The summed E-state index contributed by atoms with van der Waals surface area (Å²) < 4.78 is 3.89. The van der Waals surface area contributed by atoms with Gasteiger partial charge in [0.05, 0.1) is 4.33 Å². The molecule has 0 aliphatic carbocycles. The lowest BCUT2D eigenvalue weighted by Gasteiger charge is -2.05. The van der Waals surface area contributed by atoms with Crippen molar-refractivity contribution >= 4 is 10.6 Å². The fraction of sp³-hybridized carbons (Fsp3) is 0. The summed E-state index contributed by atoms with van der Waals surface area (Å²) >= 11 is 0. The normalized spacial score (nSPS) is 15.2. The summed E-state index contributed by atoms with van der Waals surface area (Å²) in [5, 5.41) is 19.4. The zero-order valence-corrected chi connectivity index (χ0v) is 6.12. The summed E-state index contributed by atoms with van der Waals surface area (Å²) in [7, 11) is -3.81. The van der Waals surface area contributed by atoms with E-state index < -0.39 is 14.9 Å². The molecule has 0 saturated heterocycles. The minimum absolute atomic E-state index is 1.06. The molecule has 0 radical (unpaired) electrons. The molecule has 0 rings (SSSR count). The monoisotopic (exact) mass is 188 g/mol. The van der Waals surface area contributed by atoms with Crippen molar-refractivity contribution in [3.05, 3.63) is 31.0 Å². The Hall–Kier alpha value is -2.14. The van der Waals surface area contributed by atoms with E-state index in [4.69, 9.17) is 16.3 Å². The number of nitro groups is 1. The molecule has 0 spiro atoms. The Balaban J connectivity index is 5.35. The van der Waals surface area contributed by atoms with Gasteiger partial charge in [-0.25, -0.2) is 0 Å². The van der Waals surface area contributed by atoms with Gasteiger partial charge in [0.15, 0.2) is 5.40 Å². The summed E-state index contributed by atoms with van der Waals surface area (Å²) in [4.78, 5) is 14.2. The standard InChI is InChI=1S/CN8O2S/c2-1-12(7-5-3,8-6-4)9(10)11. The Morgan fingerprint density at radius 3 is 2.08 bits per heavy atom. The van der Waals surface area contributed by atoms with Crippen molar-refractivity contribution in [2.45, 2.75) is 0 Å². The van der Waals surface area contributed by atoms with E-state index in [1.54, 1.807) is 0 Å². The zero-order valence-electron chi connectivity index (χ0n) is 5.30. The van der Waals surface area contributed by atoms with Gasteiger partial charge in [-0.2, -0.15) is 5.26 Å². The van der Waals surface area contributed by atoms with Gasteiger partial charge in [-0.05, 0) is 11.1 Å². The van der Waals surface area contributed by atoms with Crippen LogP contribution in [0.4, 0.5) is 0 Å². The summed E-state index contributed by atoms with van der Waals surface area (Å²) in [6.07, 6.45) is 0. The maximum absolute atomic E-state index is 10.1. The van der Waals surface area contributed by atoms with Crippen molar-refractivity contribution < 1.29 is 4.33 Å². The van der Waals surface area contributed by atoms with Gasteiger partial charge in [-0.1, -0.05) is 0 Å². The van der Waals surface area contributed by atoms with Crippen LogP contribution in [-0.4, -0.2) is 4.33 Å². The van der Waals surface area contributed by atoms with Crippen LogP contribution in [0, 0.1) is 20.8 Å². The van der Waals surface area contributed by atoms with Gasteiger partial charge in [0.2, 0.25) is 0 Å². The van der Waals surface area contributed by atoms with Crippen molar-refractivity contribution in [3.8, 4) is 5.40 Å². The number of azide groups is 1. The Kier molecular flexibility index (Phi) is 3.20. The van der Waals surface area contributed by atoms with E-state index in [1.807, 2.05) is 0 Å². The largest absolute Gasteiger partial charge is 0.285 e. The molecule has 0 aromatic carbocycles. The summed E-state index contributed by atoms with van der Waals surface area (Å²) in [6.45, 7) is 0. The van der Waals surface area contributed by atoms with Crippen LogP contribution in [0.1, 0.15) is 0 Å². The average Bonchev–Trinajstić information content (AvgIpc) is 2.03. The first-order chi connectivity index (χ1) is 5.63. The maximum atomic E-state index is 10.1. The number of hydrogen-bond donors (Lipinski definition) is 0. The maximum Gasteiger partial charge on any atom is 0.285 e. The van der Waals surface area contributed by atoms with Crippen LogP contribution in [0.2, 0.25) is 0 Å². The lowest BCUT2D eigenvalue weighted by Crippen LogP contribution is -2.00. The van der Waals surface area contributed by atoms with Gasteiger partial charge in [0, 0.05) is 18.9 Å². The van der Waals surface area contributed by atoms with Crippen LogP contribution in [0.25, 0.3) is 20.9 Å². The predicted molar refractivity (Wildman–Crippen MR) is 38.5 cm³/mol. The van der Waals surface area contributed by atoms with Gasteiger partial charge in [-0.15, -0.1) is 0 Å². The first-order valence-corrected chi connectivity index (χ1v) is 3.64. The van der Waals surface area contributed by atoms with Crippen molar-refractivity contribution in [1.29, 1.82) is 5.26 Å². The molecule has 0 aromatic rings. The summed E-state index contributed by atoms with van der Waals surface area (Å²) in [6, 6.07) is 0. The van der Waals surface area contributed by atoms with Gasteiger partial charge in [-0.3, -0.25) is 10.1 Å². The first kappa shape index (κ1) is 9.86. The van der Waals surface area contributed by atoms with E-state index in [2.05, 4.69) is 18.9 Å². The SMILES string of the molecule is N#CS(N=[N+]=[N-])(N=[N+]=[N-])[N+](=O)[O-]. The third kappa shape index (κ3) is 1.68. The second-order valence-electron chi connectivity index (χ2n) is 1.18. The molecule has 0 aliphatic heterocycles. The highest BCUT2D eigenvalue weighted by Crippen LogP contribution is 2.50. The number of nitrogens with zero attached hydrogens (tertiary/aromatic N) is 8. The van der Waals surface area contributed by atoms with Crippen LogP contribution in [0.15, 0.2) is 9.04 Å². The molecule has 0 N–H and O–H groups in total. The quantitative estimate of drug-likeness (QED) is 0.165. The molecule has 62 valence electrons. The van der Waals surface area contributed by atoms with E-state index in [0.29, 0.717) is 0 Å². The van der Waals surface area contributed by atoms with E-state index in [9.17, 15) is 10.1 Å². The third-order valence-electron chi connectivity index (χ3n) is 0.631. The van der Waals surface area contributed by atoms with Crippen molar-refractivity contribution in [2.75, 3.05) is 0 Å². The van der Waals surface area contributed by atoms with E-state index >= 15 is 0 Å². The Bertz CT molecular complexity index is 304. The Morgan fingerprint density at radius 2 is 1.92 bits per heavy atom. The number of nitriles is 1. The Labute approximate surface area is 66.5 Å². The van der Waals surface area contributed by atoms with Crippen molar-refractivity contribution in [1.82, 2.24) is 0 Å². The molecule has 10 nitrogen and oxygen atoms in total. The molecule has 0 amide bonds. The first-order valence-electron chi connectivity index (χ1n) is 2.14. The lowest BCUT2D eigenvalue weighted by atomic mass is 11.8. The smallest absolute Gasteiger partial charge is 0.251 e. The highest BCUT2D eigenvalue weighted by Gasteiger charge is 2.35. The van der Waals surface area contributed by atoms with Crippen LogP contribution in [-0.2, 0) is 0 Å². The third-order valence-corrected chi connectivity index (χ3v) is 1.89. The molecular weight excluding hydrogens is 188 g/mol. The molecule has 0 aliphatic rings. The molecule has 0 heterocycles. The zero-order chi connectivity index (χ0) is 9.61. The Morgan fingerprint density at radius 1 is 1.50 bits per heavy atom. The van der Waals surface area contributed by atoms with Crippen molar-refractivity contribution in [3.63, 3.8) is 0 Å². The van der Waals surface area contributed by atoms with Gasteiger partial charge >= 0.3 is 0 Å². The van der Waals surface area contributed by atoms with E-state index in [0.717, 1.165) is 5.40 Å². The molecule has 0 atom stereocenters. The van der Waals surface area contributed by atoms with Gasteiger partial charge in [0.1, 0.15) is 0 Å². The minimum atomic E-state index is -3.81. The topological polar surface area (TPSA) is 164 Å². The van der Waals surface area contributed by atoms with E-state index in [-0.39, 0.29) is 0 Å². The molecular formula is CN8O2S. The molecule has 0 fully saturated rings. The molecule has 0 saturated carbocycles. The predicted octanol–water partition coefficient (Wildman–Crippen LogP) is 1.91. The summed E-state index contributed by atoms with van der Waals surface area (Å²) in [5.74, 6) is 0. The number of thiocyanates is 1. The second-order valence-corrected chi connectivity index (χ2v) is 3.02. The molecule has 11 heteroatoms. The highest BCUT2D eigenvalue weighted by molar-refractivity contribution is 8.30. The number of rotatable bonds is 3. The molecule has 0 unspecified atom stereocenters. The van der Waals surface area contributed by atoms with Crippen LogP contribution < -0.4 is 0 Å². The van der Waals surface area contributed by atoms with Crippen LogP contribution in [0.3, 0.4) is 0 Å². The van der Waals surface area contributed by atoms with Crippen LogP contribution in [0.5, 0.6) is 0 Å². The fourth-order valence-electron chi connectivity index (χ4n) is 0.248. The van der Waals surface area contributed by atoms with E-state index in [1.165, 1.54) is 0 Å². The van der Waals surface area contributed by atoms with Crippen molar-refractivity contribution in [2.24, 2.45) is 9.04 Å². The number of hydrogen-bond acceptors (Lipinski definition) is 5. The molecule has 12 heavy (non-hydrogen) atoms. The highest BCUT2D eigenvalue weighted by atomic mass is 32.3. The molecule has 0 aromatic heterocycles. The minimum Gasteiger partial charge on any atom is -0.251 e. The lowest BCUT2D eigenvalue weighted by molar-refractivity contribution is -0.295. The fourth-order valence-corrected chi connectivity index (χ4v) is 0.743. The molecule has 0 bridgehead atoms. The average molecular weight is 188 g/mol. The van der Waals surface area contributed by atoms with Gasteiger partial charge in [0.25, 0.3) is 10.6 Å². The van der Waals surface area contributed by atoms with Gasteiger partial charge < -0.3 is 0 Å². The van der Waals surface area contributed by atoms with Crippen LogP contribution >= 0.6 is 10.6 Å².